The third-order valence-corrected chi connectivity index (χ3v) is 6.85. The number of β-lactam (4-membered cyclic amide) rings is 1. The second kappa shape index (κ2) is 11.8. The Hall–Kier alpha value is -4.04. The van der Waals surface area contributed by atoms with Crippen LogP contribution < -0.4 is 5.32 Å². The number of nitro benzene ring substituents is 1. The smallest absolute Gasteiger partial charge is 0.408 e. The lowest BCUT2D eigenvalue weighted by molar-refractivity contribution is -0.384. The molecule has 0 saturated carbocycles. The molecule has 2 amide bonds. The summed E-state index contributed by atoms with van der Waals surface area (Å²) in [7, 11) is -4.20. The number of aryl methyl sites for hydroxylation is 1. The van der Waals surface area contributed by atoms with Gasteiger partial charge in [0.05, 0.1) is 22.5 Å². The van der Waals surface area contributed by atoms with Crippen molar-refractivity contribution in [3.63, 3.8) is 0 Å². The number of rotatable bonds is 10. The minimum atomic E-state index is -4.20. The molecule has 13 nitrogen and oxygen atoms in total. The SMILES string of the molecule is Cc1ccc(S(=O)(=O)OCC2C(NC(=O)OC(C)(C)C)C(=O)N2CC(=O)OCc2ccc([N+](=O)[O-])cc2)cc1. The summed E-state index contributed by atoms with van der Waals surface area (Å²) in [5, 5.41) is 13.2. The molecule has 2 aromatic rings. The van der Waals surface area contributed by atoms with E-state index in [1.54, 1.807) is 39.8 Å². The maximum absolute atomic E-state index is 12.8. The van der Waals surface area contributed by atoms with Crippen LogP contribution in [0.15, 0.2) is 53.4 Å². The average Bonchev–Trinajstić information content (AvgIpc) is 2.85. The summed E-state index contributed by atoms with van der Waals surface area (Å²) in [5.41, 5.74) is 0.359. The van der Waals surface area contributed by atoms with Crippen LogP contribution in [0.4, 0.5) is 10.5 Å². The zero-order valence-corrected chi connectivity index (χ0v) is 22.6. The molecule has 1 fully saturated rings. The van der Waals surface area contributed by atoms with Gasteiger partial charge in [0.25, 0.3) is 15.8 Å². The summed E-state index contributed by atoms with van der Waals surface area (Å²) in [4.78, 5) is 48.7. The number of likely N-dealkylation sites (tertiary alicyclic amines) is 1. The molecule has 1 aliphatic heterocycles. The summed E-state index contributed by atoms with van der Waals surface area (Å²) in [6, 6.07) is 9.11. The number of hydrogen-bond acceptors (Lipinski definition) is 10. The fraction of sp³-hybridized carbons (Fsp3) is 0.400. The summed E-state index contributed by atoms with van der Waals surface area (Å²) in [5.74, 6) is -1.47. The van der Waals surface area contributed by atoms with E-state index in [2.05, 4.69) is 5.32 Å². The minimum absolute atomic E-state index is 0.0931. The third kappa shape index (κ3) is 7.97. The number of carbonyl (C=O) groups excluding carboxylic acids is 3. The third-order valence-electron chi connectivity index (χ3n) is 5.56. The number of nitro groups is 1. The molecule has 1 N–H and O–H groups in total. The van der Waals surface area contributed by atoms with Gasteiger partial charge in [-0.2, -0.15) is 8.42 Å². The Bertz CT molecular complexity index is 1340. The first-order valence-electron chi connectivity index (χ1n) is 11.8. The Morgan fingerprint density at radius 1 is 1.08 bits per heavy atom. The number of hydrogen-bond donors (Lipinski definition) is 1. The Morgan fingerprint density at radius 3 is 2.26 bits per heavy atom. The van der Waals surface area contributed by atoms with E-state index < -0.39 is 63.8 Å². The van der Waals surface area contributed by atoms with Gasteiger partial charge in [-0.3, -0.25) is 23.9 Å². The number of non-ortho nitro benzene ring substituents is 1. The highest BCUT2D eigenvalue weighted by Gasteiger charge is 2.50. The van der Waals surface area contributed by atoms with E-state index in [-0.39, 0.29) is 17.2 Å². The van der Waals surface area contributed by atoms with Crippen molar-refractivity contribution in [2.24, 2.45) is 0 Å². The van der Waals surface area contributed by atoms with Crippen LogP contribution >= 0.6 is 0 Å². The predicted octanol–water partition coefficient (Wildman–Crippen LogP) is 2.46. The lowest BCUT2D eigenvalue weighted by atomic mass is 9.96. The van der Waals surface area contributed by atoms with E-state index in [0.717, 1.165) is 10.5 Å². The van der Waals surface area contributed by atoms with Gasteiger partial charge in [0.2, 0.25) is 5.91 Å². The number of esters is 1. The van der Waals surface area contributed by atoms with Crippen LogP contribution in [-0.4, -0.2) is 67.0 Å². The van der Waals surface area contributed by atoms with Crippen LogP contribution in [0.5, 0.6) is 0 Å². The van der Waals surface area contributed by atoms with Crippen molar-refractivity contribution in [1.82, 2.24) is 10.2 Å². The van der Waals surface area contributed by atoms with Gasteiger partial charge >= 0.3 is 12.1 Å². The summed E-state index contributed by atoms with van der Waals surface area (Å²) in [6.45, 7) is 5.41. The highest BCUT2D eigenvalue weighted by molar-refractivity contribution is 7.86. The van der Waals surface area contributed by atoms with Crippen molar-refractivity contribution >= 4 is 33.8 Å². The van der Waals surface area contributed by atoms with Crippen LogP contribution in [0, 0.1) is 17.0 Å². The largest absolute Gasteiger partial charge is 0.459 e. The molecule has 0 aliphatic carbocycles. The summed E-state index contributed by atoms with van der Waals surface area (Å²) < 4.78 is 40.9. The van der Waals surface area contributed by atoms with Crippen molar-refractivity contribution in [1.29, 1.82) is 0 Å². The van der Waals surface area contributed by atoms with Gasteiger partial charge in [0.15, 0.2) is 0 Å². The normalized spacial score (nSPS) is 17.2. The molecular weight excluding hydrogens is 534 g/mol. The van der Waals surface area contributed by atoms with Gasteiger partial charge in [-0.05, 0) is 57.5 Å². The Kier molecular flexibility index (Phi) is 8.92. The Balaban J connectivity index is 1.67. The van der Waals surface area contributed by atoms with Crippen molar-refractivity contribution in [3.8, 4) is 0 Å². The van der Waals surface area contributed by atoms with Crippen LogP contribution in [0.1, 0.15) is 31.9 Å². The second-order valence-electron chi connectivity index (χ2n) is 9.79. The fourth-order valence-corrected chi connectivity index (χ4v) is 4.50. The highest BCUT2D eigenvalue weighted by atomic mass is 32.2. The zero-order chi connectivity index (χ0) is 29.0. The molecule has 1 heterocycles. The summed E-state index contributed by atoms with van der Waals surface area (Å²) in [6.07, 6.45) is -0.896. The van der Waals surface area contributed by atoms with Crippen LogP contribution in [0.25, 0.3) is 0 Å². The van der Waals surface area contributed by atoms with Crippen molar-refractivity contribution in [2.45, 2.75) is 56.9 Å². The monoisotopic (exact) mass is 563 g/mol. The van der Waals surface area contributed by atoms with Crippen LogP contribution in [-0.2, 0) is 40.0 Å². The molecule has 2 unspecified atom stereocenters. The van der Waals surface area contributed by atoms with Crippen LogP contribution in [0.3, 0.4) is 0 Å². The number of carbonyl (C=O) groups is 3. The molecule has 14 heteroatoms. The number of benzene rings is 2. The first-order chi connectivity index (χ1) is 18.2. The van der Waals surface area contributed by atoms with E-state index >= 15 is 0 Å². The predicted molar refractivity (Wildman–Crippen MR) is 136 cm³/mol. The maximum atomic E-state index is 12.8. The molecule has 0 spiro atoms. The fourth-order valence-electron chi connectivity index (χ4n) is 3.57. The number of nitrogens with zero attached hydrogens (tertiary/aromatic N) is 2. The molecule has 39 heavy (non-hydrogen) atoms. The number of alkyl carbamates (subject to hydrolysis) is 1. The molecule has 0 aromatic heterocycles. The molecule has 210 valence electrons. The lowest BCUT2D eigenvalue weighted by Gasteiger charge is -2.46. The molecule has 3 rings (SSSR count). The van der Waals surface area contributed by atoms with Gasteiger partial charge < -0.3 is 19.7 Å². The van der Waals surface area contributed by atoms with Gasteiger partial charge in [0.1, 0.15) is 24.8 Å². The van der Waals surface area contributed by atoms with E-state index in [1.807, 2.05) is 0 Å². The van der Waals surface area contributed by atoms with E-state index in [4.69, 9.17) is 13.7 Å². The van der Waals surface area contributed by atoms with E-state index in [1.165, 1.54) is 36.4 Å². The van der Waals surface area contributed by atoms with Crippen LogP contribution in [0.2, 0.25) is 0 Å². The van der Waals surface area contributed by atoms with E-state index in [9.17, 15) is 32.9 Å². The number of ether oxygens (including phenoxy) is 2. The van der Waals surface area contributed by atoms with Crippen molar-refractivity contribution in [3.05, 3.63) is 69.8 Å². The Labute approximate surface area is 225 Å². The van der Waals surface area contributed by atoms with Crippen molar-refractivity contribution in [2.75, 3.05) is 13.2 Å². The van der Waals surface area contributed by atoms with Crippen molar-refractivity contribution < 1.29 is 41.4 Å². The summed E-state index contributed by atoms with van der Waals surface area (Å²) >= 11 is 0. The second-order valence-corrected chi connectivity index (χ2v) is 11.4. The molecule has 2 aromatic carbocycles. The minimum Gasteiger partial charge on any atom is -0.459 e. The van der Waals surface area contributed by atoms with Gasteiger partial charge in [-0.1, -0.05) is 17.7 Å². The molecule has 1 aliphatic rings. The van der Waals surface area contributed by atoms with Gasteiger partial charge in [0, 0.05) is 12.1 Å². The number of amides is 2. The molecule has 0 bridgehead atoms. The first kappa shape index (κ1) is 29.5. The standard InChI is InChI=1S/C25H29N3O10S/c1-16-5-11-19(12-6-16)39(34,35)37-15-20-22(26-24(31)38-25(2,3)4)23(30)27(20)13-21(29)36-14-17-7-9-18(10-8-17)28(32)33/h5-12,20,22H,13-15H2,1-4H3,(H,26,31). The Morgan fingerprint density at radius 2 is 1.69 bits per heavy atom. The quantitative estimate of drug-likeness (QED) is 0.149. The van der Waals surface area contributed by atoms with E-state index in [0.29, 0.717) is 5.56 Å². The molecule has 1 saturated heterocycles. The highest BCUT2D eigenvalue weighted by Crippen LogP contribution is 2.24. The van der Waals surface area contributed by atoms with Gasteiger partial charge in [-0.15, -0.1) is 0 Å². The van der Waals surface area contributed by atoms with Gasteiger partial charge in [-0.25, -0.2) is 4.79 Å². The average molecular weight is 564 g/mol. The molecule has 2 atom stereocenters. The zero-order valence-electron chi connectivity index (χ0n) is 21.8. The molecular formula is C25H29N3O10S. The maximum Gasteiger partial charge on any atom is 0.408 e. The number of nitrogens with one attached hydrogen (secondary N) is 1. The molecule has 0 radical (unpaired) electrons. The topological polar surface area (TPSA) is 171 Å². The first-order valence-corrected chi connectivity index (χ1v) is 13.2. The lowest BCUT2D eigenvalue weighted by Crippen LogP contribution is -2.73.